The minimum absolute atomic E-state index is 0.548. The molecular formula is C16H33NO. The maximum absolute atomic E-state index is 5.98. The molecule has 1 N–H and O–H groups in total. The van der Waals surface area contributed by atoms with E-state index in [1.165, 1.54) is 44.9 Å². The molecule has 1 saturated carbocycles. The van der Waals surface area contributed by atoms with Crippen LogP contribution in [0.1, 0.15) is 72.6 Å². The fraction of sp³-hybridized carbons (Fsp3) is 1.00. The smallest absolute Gasteiger partial charge is 0.0575 e. The van der Waals surface area contributed by atoms with Crippen LogP contribution < -0.4 is 5.32 Å². The lowest BCUT2D eigenvalue weighted by Crippen LogP contribution is -2.26. The molecule has 0 aromatic rings. The van der Waals surface area contributed by atoms with Crippen LogP contribution in [0.15, 0.2) is 0 Å². The van der Waals surface area contributed by atoms with Crippen LogP contribution in [-0.2, 0) is 4.74 Å². The second kappa shape index (κ2) is 8.16. The van der Waals surface area contributed by atoms with Crippen LogP contribution in [0.25, 0.3) is 0 Å². The van der Waals surface area contributed by atoms with E-state index >= 15 is 0 Å². The van der Waals surface area contributed by atoms with Gasteiger partial charge in [-0.1, -0.05) is 27.7 Å². The van der Waals surface area contributed by atoms with Gasteiger partial charge in [-0.25, -0.2) is 0 Å². The van der Waals surface area contributed by atoms with Crippen molar-refractivity contribution in [2.75, 3.05) is 13.2 Å². The number of rotatable bonds is 8. The predicted octanol–water partition coefficient (Wildman–Crippen LogP) is 4.14. The Morgan fingerprint density at radius 1 is 1.11 bits per heavy atom. The fourth-order valence-electron chi connectivity index (χ4n) is 2.58. The highest BCUT2D eigenvalue weighted by atomic mass is 16.5. The van der Waals surface area contributed by atoms with Crippen LogP contribution in [0.3, 0.4) is 0 Å². The van der Waals surface area contributed by atoms with Crippen LogP contribution in [0, 0.1) is 5.41 Å². The summed E-state index contributed by atoms with van der Waals surface area (Å²) in [5.41, 5.74) is 0.558. The summed E-state index contributed by atoms with van der Waals surface area (Å²) in [6, 6.07) is 0.617. The normalized spacial score (nSPS) is 20.5. The molecule has 0 unspecified atom stereocenters. The number of ether oxygens (including phenoxy) is 1. The summed E-state index contributed by atoms with van der Waals surface area (Å²) in [4.78, 5) is 0. The van der Waals surface area contributed by atoms with Crippen LogP contribution in [0.4, 0.5) is 0 Å². The predicted molar refractivity (Wildman–Crippen MR) is 79.0 cm³/mol. The Kier molecular flexibility index (Phi) is 7.25. The van der Waals surface area contributed by atoms with Crippen molar-refractivity contribution in [3.05, 3.63) is 0 Å². The zero-order chi connectivity index (χ0) is 13.4. The largest absolute Gasteiger partial charge is 0.378 e. The third-order valence-corrected chi connectivity index (χ3v) is 4.01. The molecular weight excluding hydrogens is 222 g/mol. The number of unbranched alkanes of at least 4 members (excludes halogenated alkanes) is 2. The van der Waals surface area contributed by atoms with Gasteiger partial charge in [0.25, 0.3) is 0 Å². The first-order chi connectivity index (χ1) is 8.49. The van der Waals surface area contributed by atoms with E-state index in [0.29, 0.717) is 17.6 Å². The van der Waals surface area contributed by atoms with E-state index in [9.17, 15) is 0 Å². The van der Waals surface area contributed by atoms with Gasteiger partial charge in [-0.3, -0.25) is 0 Å². The molecule has 1 aliphatic carbocycles. The molecule has 0 aliphatic heterocycles. The summed E-state index contributed by atoms with van der Waals surface area (Å²) >= 11 is 0. The first-order valence-corrected chi connectivity index (χ1v) is 7.84. The molecule has 0 atom stereocenters. The van der Waals surface area contributed by atoms with Gasteiger partial charge in [-0.2, -0.15) is 0 Å². The van der Waals surface area contributed by atoms with Gasteiger partial charge >= 0.3 is 0 Å². The van der Waals surface area contributed by atoms with Gasteiger partial charge < -0.3 is 10.1 Å². The van der Waals surface area contributed by atoms with E-state index in [1.807, 2.05) is 0 Å². The topological polar surface area (TPSA) is 21.3 Å². The molecule has 0 bridgehead atoms. The van der Waals surface area contributed by atoms with Crippen molar-refractivity contribution in [3.8, 4) is 0 Å². The summed E-state index contributed by atoms with van der Waals surface area (Å²) in [7, 11) is 0. The van der Waals surface area contributed by atoms with Gasteiger partial charge in [0.1, 0.15) is 0 Å². The minimum atomic E-state index is 0.548. The van der Waals surface area contributed by atoms with Gasteiger partial charge in [0, 0.05) is 12.6 Å². The average Bonchev–Trinajstić information content (AvgIpc) is 2.29. The van der Waals surface area contributed by atoms with Crippen LogP contribution >= 0.6 is 0 Å². The Morgan fingerprint density at radius 2 is 1.78 bits per heavy atom. The van der Waals surface area contributed by atoms with Gasteiger partial charge in [0.2, 0.25) is 0 Å². The molecule has 0 aromatic carbocycles. The molecule has 1 fully saturated rings. The third-order valence-electron chi connectivity index (χ3n) is 4.01. The van der Waals surface area contributed by atoms with Crippen LogP contribution in [0.2, 0.25) is 0 Å². The van der Waals surface area contributed by atoms with E-state index in [1.54, 1.807) is 0 Å². The van der Waals surface area contributed by atoms with E-state index < -0.39 is 0 Å². The number of hydrogen-bond donors (Lipinski definition) is 1. The maximum Gasteiger partial charge on any atom is 0.0575 e. The highest BCUT2D eigenvalue weighted by molar-refractivity contribution is 4.78. The van der Waals surface area contributed by atoms with Gasteiger partial charge in [-0.05, 0) is 56.9 Å². The van der Waals surface area contributed by atoms with Crippen LogP contribution in [-0.4, -0.2) is 25.3 Å². The van der Waals surface area contributed by atoms with Gasteiger partial charge in [0.15, 0.2) is 0 Å². The lowest BCUT2D eigenvalue weighted by atomic mass is 9.76. The standard InChI is InChI=1S/C16H33NO/c1-14(2)17-12-6-5-7-13-18-15-8-10-16(3,4)11-9-15/h14-15,17H,5-13H2,1-4H3. The molecule has 0 aromatic heterocycles. The zero-order valence-corrected chi connectivity index (χ0v) is 12.9. The Balaban J connectivity index is 1.90. The summed E-state index contributed by atoms with van der Waals surface area (Å²) in [6.45, 7) is 11.3. The fourth-order valence-corrected chi connectivity index (χ4v) is 2.58. The molecule has 0 saturated heterocycles. The monoisotopic (exact) mass is 255 g/mol. The first-order valence-electron chi connectivity index (χ1n) is 7.84. The summed E-state index contributed by atoms with van der Waals surface area (Å²) < 4.78 is 5.98. The van der Waals surface area contributed by atoms with Crippen molar-refractivity contribution in [3.63, 3.8) is 0 Å². The van der Waals surface area contributed by atoms with Crippen LogP contribution in [0.5, 0.6) is 0 Å². The van der Waals surface area contributed by atoms with Gasteiger partial charge in [-0.15, -0.1) is 0 Å². The Bertz CT molecular complexity index is 203. The van der Waals surface area contributed by atoms with E-state index in [4.69, 9.17) is 4.74 Å². The lowest BCUT2D eigenvalue weighted by molar-refractivity contribution is 0.00277. The second-order valence-corrected chi connectivity index (χ2v) is 6.90. The van der Waals surface area contributed by atoms with Crippen molar-refractivity contribution in [2.24, 2.45) is 5.41 Å². The summed E-state index contributed by atoms with van der Waals surface area (Å²) in [5.74, 6) is 0. The Labute approximate surface area is 114 Å². The molecule has 1 rings (SSSR count). The SMILES string of the molecule is CC(C)NCCCCCOC1CCC(C)(C)CC1. The lowest BCUT2D eigenvalue weighted by Gasteiger charge is -2.34. The highest BCUT2D eigenvalue weighted by Crippen LogP contribution is 2.36. The third kappa shape index (κ3) is 7.38. The van der Waals surface area contributed by atoms with E-state index in [0.717, 1.165) is 13.2 Å². The second-order valence-electron chi connectivity index (χ2n) is 6.90. The van der Waals surface area contributed by atoms with E-state index in [-0.39, 0.29) is 0 Å². The van der Waals surface area contributed by atoms with E-state index in [2.05, 4.69) is 33.0 Å². The Morgan fingerprint density at radius 3 is 2.39 bits per heavy atom. The minimum Gasteiger partial charge on any atom is -0.378 e. The van der Waals surface area contributed by atoms with Crippen molar-refractivity contribution in [1.82, 2.24) is 5.32 Å². The Hall–Kier alpha value is -0.0800. The molecule has 0 spiro atoms. The highest BCUT2D eigenvalue weighted by Gasteiger charge is 2.26. The zero-order valence-electron chi connectivity index (χ0n) is 12.9. The molecule has 0 heterocycles. The molecule has 2 heteroatoms. The molecule has 18 heavy (non-hydrogen) atoms. The van der Waals surface area contributed by atoms with Crippen molar-refractivity contribution >= 4 is 0 Å². The molecule has 1 aliphatic rings. The average molecular weight is 255 g/mol. The van der Waals surface area contributed by atoms with Gasteiger partial charge in [0.05, 0.1) is 6.10 Å². The number of nitrogens with one attached hydrogen (secondary N) is 1. The summed E-state index contributed by atoms with van der Waals surface area (Å²) in [6.07, 6.45) is 9.53. The van der Waals surface area contributed by atoms with Crippen molar-refractivity contribution in [1.29, 1.82) is 0 Å². The molecule has 108 valence electrons. The molecule has 2 nitrogen and oxygen atoms in total. The first kappa shape index (κ1) is 16.0. The maximum atomic E-state index is 5.98. The van der Waals surface area contributed by atoms with Crippen molar-refractivity contribution < 1.29 is 4.74 Å². The number of hydrogen-bond acceptors (Lipinski definition) is 2. The molecule has 0 amide bonds. The molecule has 0 radical (unpaired) electrons. The quantitative estimate of drug-likeness (QED) is 0.658. The summed E-state index contributed by atoms with van der Waals surface area (Å²) in [5, 5.41) is 3.45. The van der Waals surface area contributed by atoms with Crippen molar-refractivity contribution in [2.45, 2.75) is 84.8 Å².